The minimum Gasteiger partial charge on any atom is -0.368 e. The molecular formula is C11H16N4OS2. The quantitative estimate of drug-likeness (QED) is 0.878. The third kappa shape index (κ3) is 2.78. The van der Waals surface area contributed by atoms with Crippen LogP contribution in [-0.2, 0) is 10.8 Å². The van der Waals surface area contributed by atoms with Gasteiger partial charge >= 0.3 is 0 Å². The van der Waals surface area contributed by atoms with Crippen LogP contribution in [-0.4, -0.2) is 39.3 Å². The number of nitrogens with zero attached hydrogens (tertiary/aromatic N) is 2. The predicted molar refractivity (Wildman–Crippen MR) is 79.0 cm³/mol. The SMILES string of the molecule is CNc1nc(NCC(C)S(C)=O)c2ccsc2n1. The second kappa shape index (κ2) is 5.62. The van der Waals surface area contributed by atoms with Gasteiger partial charge in [0.1, 0.15) is 10.6 Å². The fraction of sp³-hybridized carbons (Fsp3) is 0.455. The molecule has 0 saturated heterocycles. The molecule has 2 aromatic heterocycles. The molecule has 5 nitrogen and oxygen atoms in total. The zero-order valence-corrected chi connectivity index (χ0v) is 12.2. The number of rotatable bonds is 5. The minimum atomic E-state index is -0.834. The topological polar surface area (TPSA) is 66.9 Å². The lowest BCUT2D eigenvalue weighted by Crippen LogP contribution is -2.21. The summed E-state index contributed by atoms with van der Waals surface area (Å²) in [5.41, 5.74) is 0. The zero-order valence-electron chi connectivity index (χ0n) is 10.6. The number of anilines is 2. The summed E-state index contributed by atoms with van der Waals surface area (Å²) >= 11 is 1.58. The summed E-state index contributed by atoms with van der Waals surface area (Å²) in [6.45, 7) is 2.59. The van der Waals surface area contributed by atoms with Crippen molar-refractivity contribution in [2.75, 3.05) is 30.5 Å². The Bertz CT molecular complexity index is 569. The highest BCUT2D eigenvalue weighted by molar-refractivity contribution is 7.84. The normalized spacial score (nSPS) is 14.4. The van der Waals surface area contributed by atoms with E-state index in [1.165, 1.54) is 0 Å². The largest absolute Gasteiger partial charge is 0.368 e. The molecule has 7 heteroatoms. The van der Waals surface area contributed by atoms with E-state index in [1.54, 1.807) is 24.6 Å². The monoisotopic (exact) mass is 284 g/mol. The van der Waals surface area contributed by atoms with Crippen molar-refractivity contribution in [2.45, 2.75) is 12.2 Å². The molecular weight excluding hydrogens is 268 g/mol. The molecule has 2 rings (SSSR count). The number of nitrogens with one attached hydrogen (secondary N) is 2. The first-order valence-electron chi connectivity index (χ1n) is 5.61. The highest BCUT2D eigenvalue weighted by Gasteiger charge is 2.10. The van der Waals surface area contributed by atoms with Crippen molar-refractivity contribution >= 4 is 44.1 Å². The molecule has 0 amide bonds. The highest BCUT2D eigenvalue weighted by Crippen LogP contribution is 2.26. The van der Waals surface area contributed by atoms with Gasteiger partial charge < -0.3 is 10.6 Å². The molecule has 0 aromatic carbocycles. The van der Waals surface area contributed by atoms with Crippen molar-refractivity contribution in [3.8, 4) is 0 Å². The van der Waals surface area contributed by atoms with Gasteiger partial charge in [-0.2, -0.15) is 4.98 Å². The predicted octanol–water partition coefficient (Wildman–Crippen LogP) is 1.91. The van der Waals surface area contributed by atoms with E-state index in [0.29, 0.717) is 12.5 Å². The molecule has 2 unspecified atom stereocenters. The number of fused-ring (bicyclic) bond motifs is 1. The molecule has 0 spiro atoms. The van der Waals surface area contributed by atoms with E-state index in [2.05, 4.69) is 20.6 Å². The van der Waals surface area contributed by atoms with Crippen LogP contribution < -0.4 is 10.6 Å². The van der Waals surface area contributed by atoms with E-state index in [-0.39, 0.29) is 5.25 Å². The van der Waals surface area contributed by atoms with Crippen molar-refractivity contribution in [3.05, 3.63) is 11.4 Å². The molecule has 0 aliphatic heterocycles. The van der Waals surface area contributed by atoms with Gasteiger partial charge in [-0.1, -0.05) is 0 Å². The maximum atomic E-state index is 11.3. The van der Waals surface area contributed by atoms with Gasteiger partial charge in [0, 0.05) is 35.9 Å². The van der Waals surface area contributed by atoms with Crippen LogP contribution in [0.3, 0.4) is 0 Å². The van der Waals surface area contributed by atoms with E-state index in [0.717, 1.165) is 16.0 Å². The number of hydrogen-bond donors (Lipinski definition) is 2. The van der Waals surface area contributed by atoms with E-state index in [1.807, 2.05) is 18.4 Å². The third-order valence-electron chi connectivity index (χ3n) is 2.67. The Labute approximate surface area is 112 Å². The fourth-order valence-electron chi connectivity index (χ4n) is 1.46. The first kappa shape index (κ1) is 13.2. The van der Waals surface area contributed by atoms with E-state index < -0.39 is 10.8 Å². The first-order valence-corrected chi connectivity index (χ1v) is 8.11. The first-order chi connectivity index (χ1) is 8.61. The molecule has 0 radical (unpaired) electrons. The van der Waals surface area contributed by atoms with E-state index >= 15 is 0 Å². The summed E-state index contributed by atoms with van der Waals surface area (Å²) in [7, 11) is 0.960. The fourth-order valence-corrected chi connectivity index (χ4v) is 2.54. The van der Waals surface area contributed by atoms with E-state index in [4.69, 9.17) is 0 Å². The summed E-state index contributed by atoms with van der Waals surface area (Å²) in [6, 6.07) is 2.00. The van der Waals surface area contributed by atoms with Crippen LogP contribution in [0.4, 0.5) is 11.8 Å². The maximum Gasteiger partial charge on any atom is 0.225 e. The summed E-state index contributed by atoms with van der Waals surface area (Å²) < 4.78 is 11.3. The van der Waals surface area contributed by atoms with Gasteiger partial charge in [0.05, 0.1) is 5.39 Å². The van der Waals surface area contributed by atoms with Crippen molar-refractivity contribution in [1.82, 2.24) is 9.97 Å². The molecule has 2 N–H and O–H groups in total. The van der Waals surface area contributed by atoms with Gasteiger partial charge in [-0.25, -0.2) is 4.98 Å². The standard InChI is InChI=1S/C11H16N4OS2/c1-7(18(3)16)6-13-9-8-4-5-17-10(8)15-11(12-2)14-9/h4-5,7H,6H2,1-3H3,(H2,12,13,14,15). The van der Waals surface area contributed by atoms with Crippen molar-refractivity contribution < 1.29 is 4.21 Å². The Morgan fingerprint density at radius 2 is 2.28 bits per heavy atom. The molecule has 18 heavy (non-hydrogen) atoms. The lowest BCUT2D eigenvalue weighted by atomic mass is 10.3. The van der Waals surface area contributed by atoms with Crippen molar-refractivity contribution in [2.24, 2.45) is 0 Å². The Hall–Kier alpha value is -1.21. The Balaban J connectivity index is 2.25. The Kier molecular flexibility index (Phi) is 4.13. The molecule has 2 atom stereocenters. The zero-order chi connectivity index (χ0) is 13.1. The van der Waals surface area contributed by atoms with Gasteiger partial charge in [0.2, 0.25) is 5.95 Å². The smallest absolute Gasteiger partial charge is 0.225 e. The number of aromatic nitrogens is 2. The van der Waals surface area contributed by atoms with Crippen LogP contribution in [0.2, 0.25) is 0 Å². The summed E-state index contributed by atoms with van der Waals surface area (Å²) in [5.74, 6) is 1.39. The van der Waals surface area contributed by atoms with Crippen LogP contribution in [0.25, 0.3) is 10.2 Å². The van der Waals surface area contributed by atoms with Crippen LogP contribution in [0, 0.1) is 0 Å². The molecule has 0 aliphatic rings. The van der Waals surface area contributed by atoms with Gasteiger partial charge in [0.15, 0.2) is 0 Å². The van der Waals surface area contributed by atoms with Gasteiger partial charge in [-0.15, -0.1) is 11.3 Å². The molecule has 0 bridgehead atoms. The van der Waals surface area contributed by atoms with Crippen molar-refractivity contribution in [1.29, 1.82) is 0 Å². The van der Waals surface area contributed by atoms with Crippen molar-refractivity contribution in [3.63, 3.8) is 0 Å². The molecule has 2 aromatic rings. The molecule has 0 saturated carbocycles. The maximum absolute atomic E-state index is 11.3. The summed E-state index contributed by atoms with van der Waals surface area (Å²) in [5, 5.41) is 9.28. The highest BCUT2D eigenvalue weighted by atomic mass is 32.2. The second-order valence-corrected chi connectivity index (χ2v) is 6.67. The van der Waals surface area contributed by atoms with Gasteiger partial charge in [-0.3, -0.25) is 4.21 Å². The molecule has 0 aliphatic carbocycles. The van der Waals surface area contributed by atoms with Gasteiger partial charge in [0.25, 0.3) is 0 Å². The van der Waals surface area contributed by atoms with Crippen LogP contribution in [0.15, 0.2) is 11.4 Å². The second-order valence-electron chi connectivity index (χ2n) is 3.98. The lowest BCUT2D eigenvalue weighted by molar-refractivity contribution is 0.679. The average Bonchev–Trinajstić information content (AvgIpc) is 2.83. The summed E-state index contributed by atoms with van der Waals surface area (Å²) in [4.78, 5) is 9.72. The number of hydrogen-bond acceptors (Lipinski definition) is 6. The van der Waals surface area contributed by atoms with E-state index in [9.17, 15) is 4.21 Å². The molecule has 98 valence electrons. The summed E-state index contributed by atoms with van der Waals surface area (Å²) in [6.07, 6.45) is 1.71. The Morgan fingerprint density at radius 3 is 2.94 bits per heavy atom. The van der Waals surface area contributed by atoms with Gasteiger partial charge in [-0.05, 0) is 18.4 Å². The number of thiophene rings is 1. The molecule has 0 fully saturated rings. The van der Waals surface area contributed by atoms with Crippen LogP contribution in [0.5, 0.6) is 0 Å². The lowest BCUT2D eigenvalue weighted by Gasteiger charge is -2.12. The van der Waals surface area contributed by atoms with Crippen LogP contribution >= 0.6 is 11.3 Å². The minimum absolute atomic E-state index is 0.0895. The average molecular weight is 284 g/mol. The van der Waals surface area contributed by atoms with Crippen LogP contribution in [0.1, 0.15) is 6.92 Å². The molecule has 2 heterocycles. The third-order valence-corrected chi connectivity index (χ3v) is 4.78. The Morgan fingerprint density at radius 1 is 1.50 bits per heavy atom.